The highest BCUT2D eigenvalue weighted by Gasteiger charge is 2.21. The second-order valence-corrected chi connectivity index (χ2v) is 6.94. The molecule has 0 spiro atoms. The standard InChI is InChI=1S/C18H40N2/c1-8-11-16(14-17(12-9-2)19(4)5)15-18(13-10-3)20(6)7/h16-18H,8-15H2,1-7H3. The van der Waals surface area contributed by atoms with E-state index in [4.69, 9.17) is 0 Å². The van der Waals surface area contributed by atoms with E-state index in [9.17, 15) is 0 Å². The largest absolute Gasteiger partial charge is 0.306 e. The number of hydrogen-bond donors (Lipinski definition) is 0. The fraction of sp³-hybridized carbons (Fsp3) is 1.00. The Hall–Kier alpha value is -0.0800. The molecule has 0 heterocycles. The molecule has 0 saturated heterocycles. The number of hydrogen-bond acceptors (Lipinski definition) is 2. The monoisotopic (exact) mass is 284 g/mol. The lowest BCUT2D eigenvalue weighted by Gasteiger charge is -2.32. The van der Waals surface area contributed by atoms with Crippen molar-refractivity contribution in [3.63, 3.8) is 0 Å². The molecule has 0 aromatic rings. The predicted octanol–water partition coefficient (Wildman–Crippen LogP) is 4.64. The number of rotatable bonds is 12. The van der Waals surface area contributed by atoms with E-state index in [0.29, 0.717) is 0 Å². The van der Waals surface area contributed by atoms with E-state index in [2.05, 4.69) is 58.8 Å². The van der Waals surface area contributed by atoms with Gasteiger partial charge in [0.15, 0.2) is 0 Å². The number of nitrogens with zero attached hydrogens (tertiary/aromatic N) is 2. The molecule has 0 radical (unpaired) electrons. The third-order valence-corrected chi connectivity index (χ3v) is 4.61. The van der Waals surface area contributed by atoms with Crippen molar-refractivity contribution in [3.8, 4) is 0 Å². The van der Waals surface area contributed by atoms with Crippen LogP contribution in [0.5, 0.6) is 0 Å². The van der Waals surface area contributed by atoms with Gasteiger partial charge >= 0.3 is 0 Å². The molecule has 0 aliphatic carbocycles. The Kier molecular flexibility index (Phi) is 11.5. The highest BCUT2D eigenvalue weighted by Crippen LogP contribution is 2.26. The molecule has 0 aromatic carbocycles. The van der Waals surface area contributed by atoms with Crippen molar-refractivity contribution in [1.29, 1.82) is 0 Å². The lowest BCUT2D eigenvalue weighted by Crippen LogP contribution is -2.34. The summed E-state index contributed by atoms with van der Waals surface area (Å²) in [6, 6.07) is 1.53. The minimum absolute atomic E-state index is 0.765. The van der Waals surface area contributed by atoms with Crippen LogP contribution >= 0.6 is 0 Å². The molecular formula is C18H40N2. The first kappa shape index (κ1) is 19.9. The van der Waals surface area contributed by atoms with Crippen LogP contribution in [0, 0.1) is 5.92 Å². The Morgan fingerprint density at radius 3 is 1.20 bits per heavy atom. The first-order valence-electron chi connectivity index (χ1n) is 8.78. The van der Waals surface area contributed by atoms with Crippen molar-refractivity contribution < 1.29 is 0 Å². The Bertz CT molecular complexity index is 193. The Morgan fingerprint density at radius 1 is 0.600 bits per heavy atom. The zero-order valence-electron chi connectivity index (χ0n) is 15.3. The summed E-state index contributed by atoms with van der Waals surface area (Å²) >= 11 is 0. The van der Waals surface area contributed by atoms with Gasteiger partial charge in [-0.1, -0.05) is 46.5 Å². The van der Waals surface area contributed by atoms with Crippen LogP contribution in [0.25, 0.3) is 0 Å². The van der Waals surface area contributed by atoms with Crippen molar-refractivity contribution in [1.82, 2.24) is 9.80 Å². The third-order valence-electron chi connectivity index (χ3n) is 4.61. The van der Waals surface area contributed by atoms with Gasteiger partial charge in [0.1, 0.15) is 0 Å². The van der Waals surface area contributed by atoms with Crippen molar-refractivity contribution in [2.45, 2.75) is 84.2 Å². The molecule has 0 aliphatic rings. The fourth-order valence-corrected chi connectivity index (χ4v) is 3.35. The maximum absolute atomic E-state index is 2.44. The summed E-state index contributed by atoms with van der Waals surface area (Å²) in [5.41, 5.74) is 0. The molecule has 0 N–H and O–H groups in total. The van der Waals surface area contributed by atoms with E-state index in [1.807, 2.05) is 0 Å². The summed E-state index contributed by atoms with van der Waals surface area (Å²) in [6.45, 7) is 6.96. The molecule has 0 amide bonds. The van der Waals surface area contributed by atoms with Crippen LogP contribution < -0.4 is 0 Å². The maximum Gasteiger partial charge on any atom is 0.00917 e. The van der Waals surface area contributed by atoms with E-state index in [0.717, 1.165) is 18.0 Å². The zero-order valence-corrected chi connectivity index (χ0v) is 15.3. The molecular weight excluding hydrogens is 244 g/mol. The minimum atomic E-state index is 0.765. The van der Waals surface area contributed by atoms with Gasteiger partial charge in [0.2, 0.25) is 0 Å². The molecule has 2 heteroatoms. The smallest absolute Gasteiger partial charge is 0.00917 e. The molecule has 0 saturated carbocycles. The van der Waals surface area contributed by atoms with E-state index in [-0.39, 0.29) is 0 Å². The van der Waals surface area contributed by atoms with E-state index in [1.165, 1.54) is 51.4 Å². The molecule has 0 bridgehead atoms. The fourth-order valence-electron chi connectivity index (χ4n) is 3.35. The molecule has 2 nitrogen and oxygen atoms in total. The third kappa shape index (κ3) is 8.26. The first-order valence-corrected chi connectivity index (χ1v) is 8.78. The normalized spacial score (nSPS) is 16.6. The molecule has 2 unspecified atom stereocenters. The van der Waals surface area contributed by atoms with Gasteiger partial charge in [0, 0.05) is 12.1 Å². The van der Waals surface area contributed by atoms with Crippen molar-refractivity contribution in [3.05, 3.63) is 0 Å². The Morgan fingerprint density at radius 2 is 0.950 bits per heavy atom. The van der Waals surface area contributed by atoms with Crippen LogP contribution in [0.4, 0.5) is 0 Å². The van der Waals surface area contributed by atoms with Crippen LogP contribution in [-0.4, -0.2) is 50.1 Å². The molecule has 0 aromatic heterocycles. The second-order valence-electron chi connectivity index (χ2n) is 6.94. The summed E-state index contributed by atoms with van der Waals surface area (Å²) in [5.74, 6) is 0.887. The van der Waals surface area contributed by atoms with Gasteiger partial charge in [0.25, 0.3) is 0 Å². The lowest BCUT2D eigenvalue weighted by atomic mass is 9.86. The van der Waals surface area contributed by atoms with E-state index in [1.54, 1.807) is 0 Å². The van der Waals surface area contributed by atoms with Gasteiger partial charge in [-0.05, 0) is 59.8 Å². The average molecular weight is 285 g/mol. The summed E-state index contributed by atoms with van der Waals surface area (Å²) in [6.07, 6.45) is 10.7. The van der Waals surface area contributed by atoms with Gasteiger partial charge in [-0.3, -0.25) is 0 Å². The van der Waals surface area contributed by atoms with E-state index < -0.39 is 0 Å². The molecule has 122 valence electrons. The van der Waals surface area contributed by atoms with Gasteiger partial charge in [-0.25, -0.2) is 0 Å². The summed E-state index contributed by atoms with van der Waals surface area (Å²) in [5, 5.41) is 0. The molecule has 0 fully saturated rings. The van der Waals surface area contributed by atoms with Gasteiger partial charge in [-0.2, -0.15) is 0 Å². The van der Waals surface area contributed by atoms with Crippen LogP contribution in [0.1, 0.15) is 72.1 Å². The van der Waals surface area contributed by atoms with Crippen LogP contribution in [-0.2, 0) is 0 Å². The van der Waals surface area contributed by atoms with Crippen LogP contribution in [0.3, 0.4) is 0 Å². The van der Waals surface area contributed by atoms with Gasteiger partial charge in [-0.15, -0.1) is 0 Å². The molecule has 0 rings (SSSR count). The van der Waals surface area contributed by atoms with Crippen molar-refractivity contribution in [2.75, 3.05) is 28.2 Å². The van der Waals surface area contributed by atoms with Crippen molar-refractivity contribution in [2.24, 2.45) is 5.92 Å². The Labute approximate surface area is 128 Å². The quantitative estimate of drug-likeness (QED) is 0.515. The second kappa shape index (κ2) is 11.6. The van der Waals surface area contributed by atoms with Crippen LogP contribution in [0.15, 0.2) is 0 Å². The predicted molar refractivity (Wildman–Crippen MR) is 92.4 cm³/mol. The zero-order chi connectivity index (χ0) is 15.5. The van der Waals surface area contributed by atoms with E-state index >= 15 is 0 Å². The SMILES string of the molecule is CCCC(CC(CCC)N(C)C)CC(CCC)N(C)C. The van der Waals surface area contributed by atoms with Crippen molar-refractivity contribution >= 4 is 0 Å². The average Bonchev–Trinajstić information content (AvgIpc) is 2.37. The van der Waals surface area contributed by atoms with Gasteiger partial charge in [0.05, 0.1) is 0 Å². The highest BCUT2D eigenvalue weighted by molar-refractivity contribution is 4.77. The molecule has 20 heavy (non-hydrogen) atoms. The summed E-state index contributed by atoms with van der Waals surface area (Å²) in [4.78, 5) is 4.88. The summed E-state index contributed by atoms with van der Waals surface area (Å²) < 4.78 is 0. The molecule has 2 atom stereocenters. The maximum atomic E-state index is 2.44. The van der Waals surface area contributed by atoms with Gasteiger partial charge < -0.3 is 9.80 Å². The molecule has 0 aliphatic heterocycles. The lowest BCUT2D eigenvalue weighted by molar-refractivity contribution is 0.178. The van der Waals surface area contributed by atoms with Crippen LogP contribution in [0.2, 0.25) is 0 Å². The topological polar surface area (TPSA) is 6.48 Å². The minimum Gasteiger partial charge on any atom is -0.306 e. The highest BCUT2D eigenvalue weighted by atomic mass is 15.1. The summed E-state index contributed by atoms with van der Waals surface area (Å²) in [7, 11) is 9.00. The first-order chi connectivity index (χ1) is 9.46. The Balaban J connectivity index is 4.59.